The van der Waals surface area contributed by atoms with E-state index in [2.05, 4.69) is 58.2 Å². The van der Waals surface area contributed by atoms with E-state index in [0.717, 1.165) is 118 Å². The minimum Gasteiger partial charge on any atom is -0.508 e. The average Bonchev–Trinajstić information content (AvgIpc) is 4.26. The Hall–Kier alpha value is -7.23. The summed E-state index contributed by atoms with van der Waals surface area (Å²) in [7, 11) is 0. The second-order valence-electron chi connectivity index (χ2n) is 22.3. The van der Waals surface area contributed by atoms with Crippen molar-refractivity contribution in [3.8, 4) is 45.8 Å². The number of fused-ring (bicyclic) bond motifs is 2. The van der Waals surface area contributed by atoms with E-state index >= 15 is 8.78 Å². The number of aromatic hydroxyl groups is 1. The molecule has 3 aromatic carbocycles. The molecule has 2 amide bonds. The number of phenolic OH excluding ortho intramolecular Hbond substituents is 1. The maximum Gasteiger partial charge on any atom is 0.319 e. The van der Waals surface area contributed by atoms with Crippen LogP contribution in [-0.2, 0) is 9.59 Å². The number of ether oxygens (including phenoxy) is 1. The van der Waals surface area contributed by atoms with Gasteiger partial charge >= 0.3 is 6.01 Å². The molecule has 4 aromatic heterocycles. The van der Waals surface area contributed by atoms with Gasteiger partial charge in [0.15, 0.2) is 17.4 Å². The third kappa shape index (κ3) is 11.2. The van der Waals surface area contributed by atoms with Crippen LogP contribution in [0.3, 0.4) is 0 Å². The number of phenols is 1. The van der Waals surface area contributed by atoms with Crippen molar-refractivity contribution < 1.29 is 32.7 Å². The van der Waals surface area contributed by atoms with Crippen LogP contribution in [-0.4, -0.2) is 117 Å². The van der Waals surface area contributed by atoms with E-state index in [9.17, 15) is 14.7 Å². The third-order valence-electron chi connectivity index (χ3n) is 16.7. The third-order valence-corrected chi connectivity index (χ3v) is 17.6. The van der Waals surface area contributed by atoms with Gasteiger partial charge in [-0.1, -0.05) is 68.1 Å². The molecule has 18 heteroatoms. The van der Waals surface area contributed by atoms with Crippen LogP contribution < -0.4 is 19.9 Å². The van der Waals surface area contributed by atoms with Crippen molar-refractivity contribution in [2.75, 3.05) is 68.8 Å². The van der Waals surface area contributed by atoms with Gasteiger partial charge in [-0.3, -0.25) is 19.5 Å². The van der Waals surface area contributed by atoms with Crippen LogP contribution in [0.4, 0.5) is 20.4 Å². The number of thiazole rings is 1. The molecule has 7 aromatic rings. The van der Waals surface area contributed by atoms with Gasteiger partial charge in [0.2, 0.25) is 11.8 Å². The van der Waals surface area contributed by atoms with Gasteiger partial charge in [-0.05, 0) is 124 Å². The summed E-state index contributed by atoms with van der Waals surface area (Å²) < 4.78 is 44.2. The number of hydrogen-bond acceptors (Lipinski definition) is 14. The first-order valence-electron chi connectivity index (χ1n) is 28.0. The molecule has 4 fully saturated rings. The van der Waals surface area contributed by atoms with Gasteiger partial charge in [-0.15, -0.1) is 17.8 Å². The number of pyridine rings is 1. The SMILES string of the molecule is C#Cc1c(F)ccc2cc(O)cc(-c3ncc4c(N5CCCCCC5)nc(OCCN5CCC(CC6CN(c7cc(C(C(=O)N8CCCC8C(=O)NC(C)c8ccc(-c9scnc9C)cc8)C(C)C)on7)C6)CC5)nc4c3F)c12. The normalized spacial score (nSPS) is 18.5. The lowest BCUT2D eigenvalue weighted by atomic mass is 9.83. The summed E-state index contributed by atoms with van der Waals surface area (Å²) in [6.07, 6.45) is 16.1. The van der Waals surface area contributed by atoms with Crippen LogP contribution in [0, 0.1) is 48.7 Å². The first kappa shape index (κ1) is 53.8. The lowest BCUT2D eigenvalue weighted by molar-refractivity contribution is -0.141. The second kappa shape index (κ2) is 23.2. The molecule has 2 N–H and O–H groups in total. The molecule has 4 aliphatic heterocycles. The molecule has 79 heavy (non-hydrogen) atoms. The molecule has 8 heterocycles. The highest BCUT2D eigenvalue weighted by atomic mass is 32.1. The van der Waals surface area contributed by atoms with E-state index < -0.39 is 23.6 Å². The minimum atomic E-state index is -0.740. The van der Waals surface area contributed by atoms with E-state index in [1.54, 1.807) is 22.4 Å². The lowest BCUT2D eigenvalue weighted by Gasteiger charge is -2.42. The highest BCUT2D eigenvalue weighted by Gasteiger charge is 2.41. The Bertz CT molecular complexity index is 3390. The number of rotatable bonds is 16. The summed E-state index contributed by atoms with van der Waals surface area (Å²) in [6.45, 7) is 14.6. The van der Waals surface area contributed by atoms with Gasteiger partial charge in [-0.2, -0.15) is 9.97 Å². The number of aryl methyl sites for hydroxylation is 1. The predicted octanol–water partition coefficient (Wildman–Crippen LogP) is 10.8. The van der Waals surface area contributed by atoms with Gasteiger partial charge < -0.3 is 34.4 Å². The van der Waals surface area contributed by atoms with E-state index in [4.69, 9.17) is 20.7 Å². The van der Waals surface area contributed by atoms with Crippen LogP contribution in [0.25, 0.3) is 43.4 Å². The zero-order valence-electron chi connectivity index (χ0n) is 45.4. The van der Waals surface area contributed by atoms with Crippen LogP contribution >= 0.6 is 11.3 Å². The molecule has 3 atom stereocenters. The lowest BCUT2D eigenvalue weighted by Crippen LogP contribution is -2.48. The minimum absolute atomic E-state index is 0.0273. The molecule has 0 bridgehead atoms. The van der Waals surface area contributed by atoms with Crippen LogP contribution in [0.5, 0.6) is 11.8 Å². The predicted molar refractivity (Wildman–Crippen MR) is 303 cm³/mol. The zero-order valence-corrected chi connectivity index (χ0v) is 46.2. The molecule has 0 aliphatic carbocycles. The van der Waals surface area contributed by atoms with E-state index in [1.807, 2.05) is 51.4 Å². The number of halogens is 2. The molecular weight excluding hydrogens is 1020 g/mol. The molecule has 412 valence electrons. The van der Waals surface area contributed by atoms with E-state index in [-0.39, 0.29) is 63.3 Å². The van der Waals surface area contributed by atoms with Gasteiger partial charge in [0.25, 0.3) is 0 Å². The number of aromatic nitrogens is 5. The largest absolute Gasteiger partial charge is 0.508 e. The molecule has 4 aliphatic rings. The van der Waals surface area contributed by atoms with Crippen LogP contribution in [0.1, 0.15) is 113 Å². The Kier molecular flexibility index (Phi) is 15.8. The summed E-state index contributed by atoms with van der Waals surface area (Å²) >= 11 is 1.61. The summed E-state index contributed by atoms with van der Waals surface area (Å²) in [5.41, 5.74) is 4.98. The number of nitrogens with one attached hydrogen (secondary N) is 1. The Morgan fingerprint density at radius 2 is 1.68 bits per heavy atom. The summed E-state index contributed by atoms with van der Waals surface area (Å²) in [4.78, 5) is 56.2. The Morgan fingerprint density at radius 3 is 2.41 bits per heavy atom. The molecule has 0 radical (unpaired) electrons. The monoisotopic (exact) mass is 1090 g/mol. The van der Waals surface area contributed by atoms with Crippen LogP contribution in [0.2, 0.25) is 0 Å². The zero-order chi connectivity index (χ0) is 54.9. The number of nitrogens with zero attached hydrogens (tertiary/aromatic N) is 9. The molecular formula is C61H68F2N10O5S. The van der Waals surface area contributed by atoms with Crippen molar-refractivity contribution >= 4 is 56.5 Å². The van der Waals surface area contributed by atoms with Crippen molar-refractivity contribution in [1.82, 2.24) is 40.2 Å². The Balaban J connectivity index is 0.674. The number of hydrogen-bond donors (Lipinski definition) is 2. The summed E-state index contributed by atoms with van der Waals surface area (Å²) in [5.74, 6) is 2.99. The first-order chi connectivity index (χ1) is 38.3. The molecule has 15 nitrogen and oxygen atoms in total. The van der Waals surface area contributed by atoms with Crippen molar-refractivity contribution in [1.29, 1.82) is 0 Å². The van der Waals surface area contributed by atoms with Crippen LogP contribution in [0.15, 0.2) is 70.8 Å². The van der Waals surface area contributed by atoms with Crippen molar-refractivity contribution in [2.24, 2.45) is 17.8 Å². The maximum absolute atomic E-state index is 17.0. The average molecular weight is 1090 g/mol. The maximum atomic E-state index is 17.0. The van der Waals surface area contributed by atoms with Gasteiger partial charge in [0, 0.05) is 62.5 Å². The van der Waals surface area contributed by atoms with Gasteiger partial charge in [0.05, 0.1) is 33.1 Å². The fourth-order valence-electron chi connectivity index (χ4n) is 12.3. The molecule has 4 saturated heterocycles. The fourth-order valence-corrected chi connectivity index (χ4v) is 13.1. The number of carbonyl (C=O) groups is 2. The van der Waals surface area contributed by atoms with E-state index in [1.165, 1.54) is 24.3 Å². The molecule has 0 spiro atoms. The number of terminal acetylenes is 1. The smallest absolute Gasteiger partial charge is 0.319 e. The number of anilines is 2. The van der Waals surface area contributed by atoms with Crippen molar-refractivity contribution in [3.63, 3.8) is 0 Å². The summed E-state index contributed by atoms with van der Waals surface area (Å²) in [6, 6.07) is 15.0. The van der Waals surface area contributed by atoms with Crippen molar-refractivity contribution in [2.45, 2.75) is 103 Å². The first-order valence-corrected chi connectivity index (χ1v) is 28.9. The van der Waals surface area contributed by atoms with Crippen molar-refractivity contribution in [3.05, 3.63) is 101 Å². The molecule has 3 unspecified atom stereocenters. The topological polar surface area (TPSA) is 166 Å². The number of likely N-dealkylation sites (tertiary alicyclic amines) is 2. The number of benzene rings is 3. The highest BCUT2D eigenvalue weighted by molar-refractivity contribution is 7.13. The Morgan fingerprint density at radius 1 is 0.911 bits per heavy atom. The van der Waals surface area contributed by atoms with Gasteiger partial charge in [0.1, 0.15) is 47.2 Å². The number of carbonyl (C=O) groups excluding carboxylic acids is 2. The number of piperidine rings is 1. The second-order valence-corrected chi connectivity index (χ2v) is 23.2. The fraction of sp³-hybridized carbons (Fsp3) is 0.459. The Labute approximate surface area is 463 Å². The summed E-state index contributed by atoms with van der Waals surface area (Å²) in [5, 5.41) is 19.5. The van der Waals surface area contributed by atoms with Gasteiger partial charge in [-0.25, -0.2) is 13.8 Å². The quantitative estimate of drug-likeness (QED) is 0.0879. The van der Waals surface area contributed by atoms with E-state index in [0.29, 0.717) is 60.3 Å². The molecule has 0 saturated carbocycles. The standard InChI is InChI=1S/C61H68F2N10O5S/c1-6-45-48(62)18-17-43-29-44(74)30-46(53(43)45)55-54(63)56-47(32-64-55)58(71-21-9-7-8-10-22-71)68-61(67-56)77-27-26-70-24-19-39(20-25-70)28-40-33-72(34-40)51-31-50(78-69-51)52(36(2)3)60(76)73-23-11-12-49(73)59(75)66-37(4)41-13-15-42(16-14-41)57-38(5)65-35-79-57/h1,13-18,29-32,35-37,39-40,49,52,74H,7-12,19-28,33-34H2,2-5H3,(H,66,75). The highest BCUT2D eigenvalue weighted by Crippen LogP contribution is 2.41. The number of amides is 2. The molecule has 11 rings (SSSR count).